The van der Waals surface area contributed by atoms with Gasteiger partial charge >= 0.3 is 0 Å². The summed E-state index contributed by atoms with van der Waals surface area (Å²) in [6.45, 7) is 2.87. The molecule has 0 atom stereocenters. The number of likely N-dealkylation sites (N-methyl/N-ethyl adjacent to an activating group) is 1. The molecule has 1 rings (SSSR count). The first-order valence-electron chi connectivity index (χ1n) is 3.47. The van der Waals surface area contributed by atoms with Crippen molar-refractivity contribution in [2.24, 2.45) is 0 Å². The highest BCUT2D eigenvalue weighted by Crippen LogP contribution is 1.83. The molecule has 1 N–H and O–H groups in total. The Kier molecular flexibility index (Phi) is 2.66. The van der Waals surface area contributed by atoms with Crippen molar-refractivity contribution in [1.29, 1.82) is 0 Å². The molecule has 0 unspecified atom stereocenters. The number of carbonyl (C=O) groups excluding carboxylic acids is 1. The van der Waals surface area contributed by atoms with E-state index in [4.69, 9.17) is 0 Å². The number of nitrogens with one attached hydrogen (secondary N) is 1. The third kappa shape index (κ3) is 2.41. The van der Waals surface area contributed by atoms with Gasteiger partial charge in [-0.05, 0) is 6.92 Å². The van der Waals surface area contributed by atoms with Crippen molar-refractivity contribution in [2.45, 2.75) is 13.5 Å². The summed E-state index contributed by atoms with van der Waals surface area (Å²) < 4.78 is 1.67. The zero-order valence-corrected chi connectivity index (χ0v) is 6.37. The second-order valence-corrected chi connectivity index (χ2v) is 2.13. The first-order chi connectivity index (χ1) is 5.33. The van der Waals surface area contributed by atoms with Crippen molar-refractivity contribution in [1.82, 2.24) is 14.9 Å². The predicted octanol–water partition coefficient (Wildman–Crippen LogP) is -0.181. The molecule has 1 heterocycles. The predicted molar refractivity (Wildman–Crippen MR) is 39.7 cm³/mol. The van der Waals surface area contributed by atoms with Crippen LogP contribution in [0.5, 0.6) is 0 Å². The fraction of sp³-hybridized carbons (Fsp3) is 0.429. The summed E-state index contributed by atoms with van der Waals surface area (Å²) >= 11 is 0. The Morgan fingerprint density at radius 1 is 1.82 bits per heavy atom. The number of hydrogen-bond donors (Lipinski definition) is 1. The van der Waals surface area contributed by atoms with Crippen LogP contribution in [0, 0.1) is 6.20 Å². The molecule has 0 saturated heterocycles. The molecule has 0 aliphatic heterocycles. The second-order valence-electron chi connectivity index (χ2n) is 2.13. The number of amides is 1. The van der Waals surface area contributed by atoms with Crippen LogP contribution < -0.4 is 5.32 Å². The molecular formula is C7H10N3O. The second kappa shape index (κ2) is 3.75. The van der Waals surface area contributed by atoms with Crippen molar-refractivity contribution in [3.8, 4) is 0 Å². The van der Waals surface area contributed by atoms with Gasteiger partial charge in [-0.3, -0.25) is 4.79 Å². The van der Waals surface area contributed by atoms with Gasteiger partial charge in [0.15, 0.2) is 0 Å². The highest BCUT2D eigenvalue weighted by Gasteiger charge is 1.98. The third-order valence-electron chi connectivity index (χ3n) is 1.20. The zero-order chi connectivity index (χ0) is 8.10. The van der Waals surface area contributed by atoms with Crippen LogP contribution in [0.15, 0.2) is 12.5 Å². The molecule has 0 aliphatic rings. The number of rotatable bonds is 3. The van der Waals surface area contributed by atoms with Crippen LogP contribution in [-0.4, -0.2) is 22.0 Å². The molecule has 4 nitrogen and oxygen atoms in total. The quantitative estimate of drug-likeness (QED) is 0.653. The minimum Gasteiger partial charge on any atom is -0.355 e. The molecule has 4 heteroatoms. The van der Waals surface area contributed by atoms with Gasteiger partial charge in [0.05, 0.1) is 6.33 Å². The van der Waals surface area contributed by atoms with E-state index in [1.54, 1.807) is 17.1 Å². The Morgan fingerprint density at radius 3 is 3.18 bits per heavy atom. The van der Waals surface area contributed by atoms with Gasteiger partial charge in [-0.2, -0.15) is 0 Å². The van der Waals surface area contributed by atoms with E-state index < -0.39 is 0 Å². The Morgan fingerprint density at radius 2 is 2.64 bits per heavy atom. The maximum Gasteiger partial charge on any atom is 0.239 e. The van der Waals surface area contributed by atoms with E-state index in [9.17, 15) is 4.79 Å². The highest BCUT2D eigenvalue weighted by molar-refractivity contribution is 5.75. The summed E-state index contributed by atoms with van der Waals surface area (Å²) in [6.07, 6.45) is 5.81. The van der Waals surface area contributed by atoms with Gasteiger partial charge in [-0.15, -0.1) is 0 Å². The number of carbonyl (C=O) groups is 1. The average molecular weight is 152 g/mol. The summed E-state index contributed by atoms with van der Waals surface area (Å²) in [7, 11) is 0. The van der Waals surface area contributed by atoms with E-state index in [0.717, 1.165) is 0 Å². The van der Waals surface area contributed by atoms with Crippen LogP contribution in [0.2, 0.25) is 0 Å². The van der Waals surface area contributed by atoms with Gasteiger partial charge in [-0.25, -0.2) is 4.98 Å². The number of aromatic nitrogens is 2. The van der Waals surface area contributed by atoms with E-state index >= 15 is 0 Å². The average Bonchev–Trinajstić information content (AvgIpc) is 2.40. The molecular weight excluding hydrogens is 142 g/mol. The number of nitrogens with zero attached hydrogens (tertiary/aromatic N) is 2. The van der Waals surface area contributed by atoms with Crippen molar-refractivity contribution >= 4 is 5.91 Å². The van der Waals surface area contributed by atoms with E-state index in [0.29, 0.717) is 13.1 Å². The molecule has 1 radical (unpaired) electrons. The molecule has 0 bridgehead atoms. The lowest BCUT2D eigenvalue weighted by atomic mass is 10.5. The fourth-order valence-electron chi connectivity index (χ4n) is 0.754. The Labute approximate surface area is 65.2 Å². The topological polar surface area (TPSA) is 46.9 Å². The molecule has 0 aromatic carbocycles. The van der Waals surface area contributed by atoms with E-state index in [1.165, 1.54) is 0 Å². The van der Waals surface area contributed by atoms with Crippen LogP contribution in [-0.2, 0) is 11.3 Å². The summed E-state index contributed by atoms with van der Waals surface area (Å²) in [5, 5.41) is 2.68. The summed E-state index contributed by atoms with van der Waals surface area (Å²) in [5.74, 6) is -0.00102. The minimum atomic E-state index is -0.00102. The van der Waals surface area contributed by atoms with Crippen LogP contribution in [0.25, 0.3) is 0 Å². The highest BCUT2D eigenvalue weighted by atomic mass is 16.1. The summed E-state index contributed by atoms with van der Waals surface area (Å²) in [5.41, 5.74) is 0. The van der Waals surface area contributed by atoms with Crippen molar-refractivity contribution in [3.63, 3.8) is 0 Å². The van der Waals surface area contributed by atoms with Crippen LogP contribution in [0.1, 0.15) is 6.92 Å². The number of hydrogen-bond acceptors (Lipinski definition) is 2. The molecule has 59 valence electrons. The van der Waals surface area contributed by atoms with E-state index in [1.807, 2.05) is 6.92 Å². The fourth-order valence-corrected chi connectivity index (χ4v) is 0.754. The van der Waals surface area contributed by atoms with E-state index in [2.05, 4.69) is 16.5 Å². The van der Waals surface area contributed by atoms with Gasteiger partial charge in [0.1, 0.15) is 12.7 Å². The van der Waals surface area contributed by atoms with Crippen molar-refractivity contribution in [3.05, 3.63) is 18.7 Å². The van der Waals surface area contributed by atoms with Crippen LogP contribution in [0.4, 0.5) is 0 Å². The SMILES string of the molecule is CCNC(=O)Cn1c[c]nc1. The molecule has 1 aromatic rings. The Bertz CT molecular complexity index is 218. The van der Waals surface area contributed by atoms with Crippen LogP contribution in [0.3, 0.4) is 0 Å². The lowest BCUT2D eigenvalue weighted by Crippen LogP contribution is -2.26. The monoisotopic (exact) mass is 152 g/mol. The maximum atomic E-state index is 10.9. The first kappa shape index (κ1) is 7.78. The van der Waals surface area contributed by atoms with Gasteiger partial charge in [-0.1, -0.05) is 0 Å². The molecule has 11 heavy (non-hydrogen) atoms. The van der Waals surface area contributed by atoms with Crippen molar-refractivity contribution in [2.75, 3.05) is 6.54 Å². The molecule has 0 saturated carbocycles. The number of imidazole rings is 1. The molecule has 0 fully saturated rings. The largest absolute Gasteiger partial charge is 0.355 e. The zero-order valence-electron chi connectivity index (χ0n) is 6.37. The normalized spacial score (nSPS) is 9.55. The first-order valence-corrected chi connectivity index (χ1v) is 3.47. The molecule has 1 amide bonds. The Hall–Kier alpha value is -1.32. The standard InChI is InChI=1S/C7H10N3O/c1-2-9-7(11)5-10-4-3-8-6-10/h4,6H,2,5H2,1H3,(H,9,11). The van der Waals surface area contributed by atoms with Gasteiger partial charge in [0.25, 0.3) is 0 Å². The Balaban J connectivity index is 2.37. The summed E-state index contributed by atoms with van der Waals surface area (Å²) in [4.78, 5) is 14.6. The van der Waals surface area contributed by atoms with Gasteiger partial charge < -0.3 is 9.88 Å². The summed E-state index contributed by atoms with van der Waals surface area (Å²) in [6, 6.07) is 0. The third-order valence-corrected chi connectivity index (χ3v) is 1.20. The molecule has 1 aromatic heterocycles. The lowest BCUT2D eigenvalue weighted by molar-refractivity contribution is -0.121. The molecule has 0 spiro atoms. The van der Waals surface area contributed by atoms with E-state index in [-0.39, 0.29) is 5.91 Å². The van der Waals surface area contributed by atoms with Gasteiger partial charge in [0, 0.05) is 12.7 Å². The molecule has 0 aliphatic carbocycles. The minimum absolute atomic E-state index is 0.00102. The maximum absolute atomic E-state index is 10.9. The lowest BCUT2D eigenvalue weighted by Gasteiger charge is -2.01. The van der Waals surface area contributed by atoms with Crippen LogP contribution >= 0.6 is 0 Å². The van der Waals surface area contributed by atoms with Crippen molar-refractivity contribution < 1.29 is 4.79 Å². The smallest absolute Gasteiger partial charge is 0.239 e. The van der Waals surface area contributed by atoms with Gasteiger partial charge in [0.2, 0.25) is 5.91 Å².